The topological polar surface area (TPSA) is 62.2 Å². The van der Waals surface area contributed by atoms with Crippen molar-refractivity contribution in [2.75, 3.05) is 18.0 Å². The number of rotatable bonds is 3. The molecular formula is C25H27N5OS. The van der Waals surface area contributed by atoms with Gasteiger partial charge in [-0.15, -0.1) is 11.3 Å². The molecule has 1 saturated carbocycles. The molecule has 0 bridgehead atoms. The fraction of sp³-hybridized carbons (Fsp3) is 0.520. The van der Waals surface area contributed by atoms with E-state index in [1.807, 2.05) is 29.7 Å². The van der Waals surface area contributed by atoms with E-state index in [0.717, 1.165) is 54.4 Å². The van der Waals surface area contributed by atoms with Gasteiger partial charge in [0.25, 0.3) is 0 Å². The van der Waals surface area contributed by atoms with Crippen LogP contribution < -0.4 is 4.90 Å². The van der Waals surface area contributed by atoms with Gasteiger partial charge in [-0.25, -0.2) is 9.97 Å². The molecule has 1 amide bonds. The summed E-state index contributed by atoms with van der Waals surface area (Å²) in [6, 6.07) is 4.94. The van der Waals surface area contributed by atoms with Crippen LogP contribution in [0.2, 0.25) is 0 Å². The van der Waals surface area contributed by atoms with Gasteiger partial charge in [0.15, 0.2) is 5.82 Å². The lowest BCUT2D eigenvalue weighted by molar-refractivity contribution is -0.140. The number of carbonyl (C=O) groups excluding carboxylic acids is 1. The van der Waals surface area contributed by atoms with E-state index in [1.54, 1.807) is 6.20 Å². The van der Waals surface area contributed by atoms with Crippen molar-refractivity contribution >= 4 is 33.3 Å². The first-order chi connectivity index (χ1) is 15.8. The number of thiophene rings is 1. The van der Waals surface area contributed by atoms with Crippen LogP contribution in [0.4, 0.5) is 5.82 Å². The number of nitrogens with zero attached hydrogens (tertiary/aromatic N) is 5. The molecule has 7 rings (SSSR count). The molecule has 0 radical (unpaired) electrons. The minimum absolute atomic E-state index is 0.390. The molecule has 32 heavy (non-hydrogen) atoms. The van der Waals surface area contributed by atoms with E-state index in [-0.39, 0.29) is 0 Å². The third-order valence-electron chi connectivity index (χ3n) is 7.77. The molecule has 0 unspecified atom stereocenters. The number of likely N-dealkylation sites (tertiary alicyclic amines) is 1. The Morgan fingerprint density at radius 1 is 1.06 bits per heavy atom. The largest absolute Gasteiger partial charge is 0.356 e. The van der Waals surface area contributed by atoms with E-state index in [1.165, 1.54) is 41.5 Å². The molecule has 2 aliphatic heterocycles. The monoisotopic (exact) mass is 445 g/mol. The van der Waals surface area contributed by atoms with Gasteiger partial charge in [-0.1, -0.05) is 0 Å². The molecule has 3 aromatic rings. The van der Waals surface area contributed by atoms with Crippen LogP contribution in [-0.2, 0) is 17.6 Å². The maximum atomic E-state index is 12.6. The number of piperidine rings is 2. The fourth-order valence-corrected chi connectivity index (χ4v) is 7.40. The summed E-state index contributed by atoms with van der Waals surface area (Å²) < 4.78 is 0. The molecule has 6 nitrogen and oxygen atoms in total. The Labute approximate surface area is 191 Å². The lowest BCUT2D eigenvalue weighted by Gasteiger charge is -2.47. The Morgan fingerprint density at radius 3 is 2.84 bits per heavy atom. The fourth-order valence-electron chi connectivity index (χ4n) is 6.14. The highest BCUT2D eigenvalue weighted by Gasteiger charge is 2.45. The van der Waals surface area contributed by atoms with Gasteiger partial charge < -0.3 is 9.80 Å². The minimum atomic E-state index is 0.390. The Hall–Kier alpha value is -2.54. The number of aryl methyl sites for hydroxylation is 2. The van der Waals surface area contributed by atoms with Crippen molar-refractivity contribution in [3.05, 3.63) is 35.0 Å². The van der Waals surface area contributed by atoms with E-state index in [0.29, 0.717) is 30.3 Å². The second-order valence-corrected chi connectivity index (χ2v) is 10.9. The van der Waals surface area contributed by atoms with Crippen LogP contribution >= 0.6 is 11.3 Å². The minimum Gasteiger partial charge on any atom is -0.356 e. The second-order valence-electron chi connectivity index (χ2n) is 9.78. The summed E-state index contributed by atoms with van der Waals surface area (Å²) in [5.41, 5.74) is 2.46. The smallest absolute Gasteiger partial charge is 0.223 e. The third-order valence-corrected chi connectivity index (χ3v) is 8.96. The van der Waals surface area contributed by atoms with E-state index in [9.17, 15) is 4.79 Å². The van der Waals surface area contributed by atoms with Gasteiger partial charge in [0.2, 0.25) is 5.91 Å². The number of fused-ring (bicyclic) bond motifs is 4. The molecule has 3 aromatic heterocycles. The first-order valence-corrected chi connectivity index (χ1v) is 12.9. The lowest BCUT2D eigenvalue weighted by atomic mass is 9.83. The van der Waals surface area contributed by atoms with Gasteiger partial charge in [0.05, 0.1) is 5.39 Å². The molecule has 0 spiro atoms. The summed E-state index contributed by atoms with van der Waals surface area (Å²) >= 11 is 1.86. The molecule has 2 aliphatic carbocycles. The van der Waals surface area contributed by atoms with Crippen molar-refractivity contribution in [1.82, 2.24) is 19.9 Å². The summed E-state index contributed by atoms with van der Waals surface area (Å²) in [6.07, 6.45) is 12.4. The molecule has 3 fully saturated rings. The summed E-state index contributed by atoms with van der Waals surface area (Å²) in [6.45, 7) is 1.95. The Kier molecular flexibility index (Phi) is 4.29. The number of hydrogen-bond acceptors (Lipinski definition) is 6. The third kappa shape index (κ3) is 2.97. The molecule has 0 N–H and O–H groups in total. The van der Waals surface area contributed by atoms with Crippen LogP contribution in [0.15, 0.2) is 24.5 Å². The second kappa shape index (κ2) is 7.24. The van der Waals surface area contributed by atoms with Crippen molar-refractivity contribution < 1.29 is 4.79 Å². The van der Waals surface area contributed by atoms with Crippen LogP contribution in [0.5, 0.6) is 0 Å². The summed E-state index contributed by atoms with van der Waals surface area (Å²) in [5, 5.41) is 1.29. The van der Waals surface area contributed by atoms with Gasteiger partial charge in [-0.3, -0.25) is 9.78 Å². The summed E-state index contributed by atoms with van der Waals surface area (Å²) in [7, 11) is 0. The number of anilines is 1. The zero-order valence-electron chi connectivity index (χ0n) is 18.2. The van der Waals surface area contributed by atoms with E-state index < -0.39 is 0 Å². The summed E-state index contributed by atoms with van der Waals surface area (Å²) in [5.74, 6) is 2.82. The van der Waals surface area contributed by atoms with Crippen molar-refractivity contribution in [3.8, 4) is 11.4 Å². The SMILES string of the molecule is O=C1CC[C@H]2CN(c3nc(-c4cccnc4)nc4sc5c(c34)CCC5)CC[C@H]2N1C1CC1. The predicted octanol–water partition coefficient (Wildman–Crippen LogP) is 4.22. The standard InChI is InChI=1S/C25H27N5OS/c31-21-9-6-16-14-29(12-10-19(16)30(21)17-7-8-17)24-22-18-4-1-5-20(18)32-25(22)28-23(27-24)15-3-2-11-26-13-15/h2-3,11,13,16-17,19H,1,4-10,12,14H2/t16-,19+/m0/s1. The molecule has 4 aliphatic rings. The normalized spacial score (nSPS) is 25.3. The number of aromatic nitrogens is 3. The van der Waals surface area contributed by atoms with Gasteiger partial charge in [0, 0.05) is 54.4 Å². The highest BCUT2D eigenvalue weighted by Crippen LogP contribution is 2.44. The zero-order valence-corrected chi connectivity index (χ0v) is 19.0. The van der Waals surface area contributed by atoms with Crippen LogP contribution in [0, 0.1) is 5.92 Å². The van der Waals surface area contributed by atoms with Gasteiger partial charge in [-0.2, -0.15) is 0 Å². The Balaban J connectivity index is 1.29. The first-order valence-electron chi connectivity index (χ1n) is 12.0. The average molecular weight is 446 g/mol. The molecule has 2 atom stereocenters. The highest BCUT2D eigenvalue weighted by atomic mass is 32.1. The molecule has 2 saturated heterocycles. The molecule has 7 heteroatoms. The van der Waals surface area contributed by atoms with Crippen LogP contribution in [-0.4, -0.2) is 50.9 Å². The predicted molar refractivity (Wildman–Crippen MR) is 126 cm³/mol. The van der Waals surface area contributed by atoms with Crippen molar-refractivity contribution in [1.29, 1.82) is 0 Å². The van der Waals surface area contributed by atoms with Gasteiger partial charge in [-0.05, 0) is 68.6 Å². The van der Waals surface area contributed by atoms with Crippen molar-refractivity contribution in [3.63, 3.8) is 0 Å². The lowest BCUT2D eigenvalue weighted by Crippen LogP contribution is -2.56. The van der Waals surface area contributed by atoms with Gasteiger partial charge in [0.1, 0.15) is 10.6 Å². The molecular weight excluding hydrogens is 418 g/mol. The maximum Gasteiger partial charge on any atom is 0.223 e. The number of pyridine rings is 1. The van der Waals surface area contributed by atoms with Crippen LogP contribution in [0.25, 0.3) is 21.6 Å². The van der Waals surface area contributed by atoms with Gasteiger partial charge >= 0.3 is 0 Å². The Bertz CT molecular complexity index is 1200. The summed E-state index contributed by atoms with van der Waals surface area (Å²) in [4.78, 5) is 34.5. The van der Waals surface area contributed by atoms with E-state index in [2.05, 4.69) is 14.8 Å². The first kappa shape index (κ1) is 19.0. The van der Waals surface area contributed by atoms with Crippen molar-refractivity contribution in [2.45, 2.75) is 63.5 Å². The maximum absolute atomic E-state index is 12.6. The molecule has 0 aromatic carbocycles. The molecule has 5 heterocycles. The zero-order chi connectivity index (χ0) is 21.2. The number of carbonyl (C=O) groups is 1. The number of hydrogen-bond donors (Lipinski definition) is 0. The van der Waals surface area contributed by atoms with Crippen LogP contribution in [0.3, 0.4) is 0 Å². The number of amides is 1. The van der Waals surface area contributed by atoms with E-state index in [4.69, 9.17) is 9.97 Å². The average Bonchev–Trinajstić information content (AvgIpc) is 3.45. The van der Waals surface area contributed by atoms with Crippen LogP contribution in [0.1, 0.15) is 49.0 Å². The van der Waals surface area contributed by atoms with Crippen molar-refractivity contribution in [2.24, 2.45) is 5.92 Å². The quantitative estimate of drug-likeness (QED) is 0.604. The molecule has 164 valence electrons. The highest BCUT2D eigenvalue weighted by molar-refractivity contribution is 7.19. The van der Waals surface area contributed by atoms with E-state index >= 15 is 0 Å². The Morgan fingerprint density at radius 2 is 2.00 bits per heavy atom.